The normalized spacial score (nSPS) is 10.2. The molecule has 0 radical (unpaired) electrons. The standard InChI is InChI=1S/C12H12N2O6/c1-13-11(15)7-20-10-6-8(3-5-12(16)17)2-4-9(10)14(18)19/h2-6H,7H2,1H3,(H,13,15)(H,16,17). The van der Waals surface area contributed by atoms with Crippen molar-refractivity contribution in [2.45, 2.75) is 0 Å². The van der Waals surface area contributed by atoms with Crippen LogP contribution in [0.25, 0.3) is 6.08 Å². The number of rotatable bonds is 6. The van der Waals surface area contributed by atoms with Gasteiger partial charge >= 0.3 is 11.7 Å². The minimum absolute atomic E-state index is 0.105. The van der Waals surface area contributed by atoms with Crippen LogP contribution < -0.4 is 10.1 Å². The number of hydrogen-bond acceptors (Lipinski definition) is 5. The summed E-state index contributed by atoms with van der Waals surface area (Å²) in [6.07, 6.45) is 2.16. The summed E-state index contributed by atoms with van der Waals surface area (Å²) in [5.41, 5.74) is 0.103. The number of carboxylic acid groups (broad SMARTS) is 1. The van der Waals surface area contributed by atoms with Crippen molar-refractivity contribution in [3.05, 3.63) is 40.0 Å². The first-order chi connectivity index (χ1) is 9.43. The van der Waals surface area contributed by atoms with E-state index in [1.807, 2.05) is 0 Å². The fourth-order valence-corrected chi connectivity index (χ4v) is 1.28. The van der Waals surface area contributed by atoms with Gasteiger partial charge in [0, 0.05) is 19.2 Å². The Hall–Kier alpha value is -2.90. The minimum atomic E-state index is -1.14. The molecule has 0 bridgehead atoms. The fraction of sp³-hybridized carbons (Fsp3) is 0.167. The molecule has 1 aromatic carbocycles. The second-order valence-electron chi connectivity index (χ2n) is 3.62. The third-order valence-corrected chi connectivity index (χ3v) is 2.24. The lowest BCUT2D eigenvalue weighted by Gasteiger charge is -2.06. The highest BCUT2D eigenvalue weighted by Crippen LogP contribution is 2.28. The van der Waals surface area contributed by atoms with E-state index in [0.29, 0.717) is 5.56 Å². The van der Waals surface area contributed by atoms with Crippen LogP contribution in [0.5, 0.6) is 5.75 Å². The van der Waals surface area contributed by atoms with Gasteiger partial charge in [-0.15, -0.1) is 0 Å². The van der Waals surface area contributed by atoms with Gasteiger partial charge < -0.3 is 15.2 Å². The molecule has 0 heterocycles. The lowest BCUT2D eigenvalue weighted by Crippen LogP contribution is -2.25. The number of aliphatic carboxylic acids is 1. The van der Waals surface area contributed by atoms with Crippen molar-refractivity contribution >= 4 is 23.6 Å². The number of nitrogens with one attached hydrogen (secondary N) is 1. The highest BCUT2D eigenvalue weighted by Gasteiger charge is 2.16. The zero-order valence-corrected chi connectivity index (χ0v) is 10.5. The lowest BCUT2D eigenvalue weighted by atomic mass is 10.1. The molecule has 0 atom stereocenters. The number of amides is 1. The number of nitro groups is 1. The van der Waals surface area contributed by atoms with E-state index in [0.717, 1.165) is 6.08 Å². The number of nitrogens with zero attached hydrogens (tertiary/aromatic N) is 1. The zero-order chi connectivity index (χ0) is 15.1. The number of hydrogen-bond donors (Lipinski definition) is 2. The minimum Gasteiger partial charge on any atom is -0.478 e. The number of carbonyl (C=O) groups excluding carboxylic acids is 1. The van der Waals surface area contributed by atoms with Crippen molar-refractivity contribution in [3.63, 3.8) is 0 Å². The van der Waals surface area contributed by atoms with Gasteiger partial charge in [0.15, 0.2) is 12.4 Å². The quantitative estimate of drug-likeness (QED) is 0.452. The predicted octanol–water partition coefficient (Wildman–Crippen LogP) is 0.817. The largest absolute Gasteiger partial charge is 0.478 e. The van der Waals surface area contributed by atoms with Crippen LogP contribution in [0.1, 0.15) is 5.56 Å². The number of nitro benzene ring substituents is 1. The summed E-state index contributed by atoms with van der Waals surface area (Å²) in [4.78, 5) is 31.7. The molecule has 0 spiro atoms. The molecule has 2 N–H and O–H groups in total. The molecule has 0 aliphatic heterocycles. The van der Waals surface area contributed by atoms with E-state index in [4.69, 9.17) is 9.84 Å². The first kappa shape index (κ1) is 15.2. The lowest BCUT2D eigenvalue weighted by molar-refractivity contribution is -0.385. The summed E-state index contributed by atoms with van der Waals surface area (Å²) < 4.78 is 5.06. The van der Waals surface area contributed by atoms with Crippen LogP contribution in [-0.2, 0) is 9.59 Å². The Morgan fingerprint density at radius 2 is 2.20 bits per heavy atom. The maximum atomic E-state index is 11.1. The smallest absolute Gasteiger partial charge is 0.328 e. The van der Waals surface area contributed by atoms with E-state index >= 15 is 0 Å². The summed E-state index contributed by atoms with van der Waals surface area (Å²) in [6, 6.07) is 3.85. The average molecular weight is 280 g/mol. The van der Waals surface area contributed by atoms with Crippen molar-refractivity contribution in [3.8, 4) is 5.75 Å². The number of ether oxygens (including phenoxy) is 1. The molecule has 0 saturated heterocycles. The average Bonchev–Trinajstić information content (AvgIpc) is 2.42. The molecule has 1 amide bonds. The van der Waals surface area contributed by atoms with Crippen LogP contribution in [0.2, 0.25) is 0 Å². The maximum absolute atomic E-state index is 11.1. The van der Waals surface area contributed by atoms with Crippen molar-refractivity contribution in [2.75, 3.05) is 13.7 Å². The van der Waals surface area contributed by atoms with Crippen LogP contribution in [0.15, 0.2) is 24.3 Å². The molecule has 0 aliphatic carbocycles. The van der Waals surface area contributed by atoms with Crippen LogP contribution in [-0.4, -0.2) is 35.6 Å². The highest BCUT2D eigenvalue weighted by molar-refractivity contribution is 5.85. The van der Waals surface area contributed by atoms with Crippen LogP contribution in [0.4, 0.5) is 5.69 Å². The van der Waals surface area contributed by atoms with Crippen molar-refractivity contribution in [1.82, 2.24) is 5.32 Å². The second kappa shape index (κ2) is 6.88. The first-order valence-electron chi connectivity index (χ1n) is 5.47. The molecule has 1 rings (SSSR count). The maximum Gasteiger partial charge on any atom is 0.328 e. The molecular weight excluding hydrogens is 268 g/mol. The van der Waals surface area contributed by atoms with Gasteiger partial charge in [0.2, 0.25) is 0 Å². The van der Waals surface area contributed by atoms with Gasteiger partial charge in [0.05, 0.1) is 4.92 Å². The van der Waals surface area contributed by atoms with Crippen molar-refractivity contribution < 1.29 is 24.4 Å². The third kappa shape index (κ3) is 4.41. The summed E-state index contributed by atoms with van der Waals surface area (Å²) >= 11 is 0. The van der Waals surface area contributed by atoms with Gasteiger partial charge in [0.1, 0.15) is 0 Å². The number of carbonyl (C=O) groups is 2. The summed E-state index contributed by atoms with van der Waals surface area (Å²) in [5.74, 6) is -1.69. The van der Waals surface area contributed by atoms with Crippen LogP contribution in [0, 0.1) is 10.1 Å². The molecule has 1 aromatic rings. The number of benzene rings is 1. The van der Waals surface area contributed by atoms with E-state index in [1.54, 1.807) is 0 Å². The zero-order valence-electron chi connectivity index (χ0n) is 10.5. The Bertz CT molecular complexity index is 567. The second-order valence-corrected chi connectivity index (χ2v) is 3.62. The summed E-state index contributed by atoms with van der Waals surface area (Å²) in [6.45, 7) is -0.372. The number of carboxylic acids is 1. The van der Waals surface area contributed by atoms with Gasteiger partial charge in [-0.25, -0.2) is 4.79 Å². The van der Waals surface area contributed by atoms with Gasteiger partial charge in [-0.3, -0.25) is 14.9 Å². The predicted molar refractivity (Wildman–Crippen MR) is 69.3 cm³/mol. The molecule has 8 heteroatoms. The third-order valence-electron chi connectivity index (χ3n) is 2.24. The molecule has 106 valence electrons. The molecule has 0 fully saturated rings. The van der Waals surface area contributed by atoms with E-state index in [9.17, 15) is 19.7 Å². The molecular formula is C12H12N2O6. The van der Waals surface area contributed by atoms with Gasteiger partial charge in [-0.05, 0) is 23.8 Å². The fourth-order valence-electron chi connectivity index (χ4n) is 1.28. The monoisotopic (exact) mass is 280 g/mol. The molecule has 0 saturated carbocycles. The van der Waals surface area contributed by atoms with E-state index in [-0.39, 0.29) is 18.0 Å². The molecule has 0 aromatic heterocycles. The van der Waals surface area contributed by atoms with E-state index < -0.39 is 16.8 Å². The summed E-state index contributed by atoms with van der Waals surface area (Å²) in [5, 5.41) is 21.7. The molecule has 0 unspecified atom stereocenters. The first-order valence-corrected chi connectivity index (χ1v) is 5.47. The number of likely N-dealkylation sites (N-methyl/N-ethyl adjacent to an activating group) is 1. The molecule has 20 heavy (non-hydrogen) atoms. The SMILES string of the molecule is CNC(=O)COc1cc(C=CC(=O)O)ccc1[N+](=O)[O-]. The van der Waals surface area contributed by atoms with Crippen molar-refractivity contribution in [2.24, 2.45) is 0 Å². The Kier molecular flexibility index (Phi) is 5.21. The topological polar surface area (TPSA) is 119 Å². The Labute approximate surface area is 113 Å². The Morgan fingerprint density at radius 1 is 1.50 bits per heavy atom. The van der Waals surface area contributed by atoms with Gasteiger partial charge in [0.25, 0.3) is 5.91 Å². The van der Waals surface area contributed by atoms with Crippen molar-refractivity contribution in [1.29, 1.82) is 0 Å². The Balaban J connectivity index is 3.02. The molecule has 0 aliphatic rings. The van der Waals surface area contributed by atoms with Crippen LogP contribution >= 0.6 is 0 Å². The van der Waals surface area contributed by atoms with Crippen LogP contribution in [0.3, 0.4) is 0 Å². The highest BCUT2D eigenvalue weighted by atomic mass is 16.6. The summed E-state index contributed by atoms with van der Waals surface area (Å²) in [7, 11) is 1.41. The van der Waals surface area contributed by atoms with Gasteiger partial charge in [-0.1, -0.05) is 0 Å². The van der Waals surface area contributed by atoms with Gasteiger partial charge in [-0.2, -0.15) is 0 Å². The molecule has 8 nitrogen and oxygen atoms in total. The van der Waals surface area contributed by atoms with E-state index in [2.05, 4.69) is 5.32 Å². The van der Waals surface area contributed by atoms with E-state index in [1.165, 1.54) is 31.3 Å². The Morgan fingerprint density at radius 3 is 2.75 bits per heavy atom.